The van der Waals surface area contributed by atoms with E-state index in [1.807, 2.05) is 18.2 Å². The number of nitrogens with one attached hydrogen (secondary N) is 1. The predicted molar refractivity (Wildman–Crippen MR) is 136 cm³/mol. The summed E-state index contributed by atoms with van der Waals surface area (Å²) >= 11 is 1.37. The van der Waals surface area contributed by atoms with Gasteiger partial charge in [0.2, 0.25) is 11.7 Å². The smallest absolute Gasteiger partial charge is 0.234 e. The Bertz CT molecular complexity index is 1110. The van der Waals surface area contributed by atoms with Crippen LogP contribution in [0.4, 0.5) is 5.69 Å². The molecule has 10 heteroatoms. The third-order valence-corrected chi connectivity index (χ3v) is 6.79. The fraction of sp³-hybridized carbons (Fsp3) is 0.400. The molecule has 0 bridgehead atoms. The summed E-state index contributed by atoms with van der Waals surface area (Å²) in [5, 5.41) is 12.5. The van der Waals surface area contributed by atoms with Crippen LogP contribution in [0, 0.1) is 0 Å². The second-order valence-electron chi connectivity index (χ2n) is 8.20. The summed E-state index contributed by atoms with van der Waals surface area (Å²) in [7, 11) is 4.62. The van der Waals surface area contributed by atoms with Crippen molar-refractivity contribution in [3.05, 3.63) is 53.9 Å². The monoisotopic (exact) mass is 497 g/mol. The zero-order chi connectivity index (χ0) is 24.6. The Morgan fingerprint density at radius 1 is 0.971 bits per heavy atom. The molecule has 1 aliphatic heterocycles. The largest absolute Gasteiger partial charge is 0.493 e. The molecule has 0 aliphatic carbocycles. The minimum atomic E-state index is -0.167. The Hall–Kier alpha value is -3.24. The number of hydrogen-bond donors (Lipinski definition) is 1. The third kappa shape index (κ3) is 6.26. The van der Waals surface area contributed by atoms with Crippen molar-refractivity contribution < 1.29 is 19.0 Å². The van der Waals surface area contributed by atoms with Gasteiger partial charge in [-0.2, -0.15) is 0 Å². The number of rotatable bonds is 11. The summed E-state index contributed by atoms with van der Waals surface area (Å²) < 4.78 is 18.2. The molecule has 1 N–H and O–H groups in total. The summed E-state index contributed by atoms with van der Waals surface area (Å²) in [5.74, 6) is 2.37. The number of anilines is 1. The van der Waals surface area contributed by atoms with Gasteiger partial charge in [-0.25, -0.2) is 0 Å². The fourth-order valence-electron chi connectivity index (χ4n) is 4.09. The van der Waals surface area contributed by atoms with Gasteiger partial charge >= 0.3 is 0 Å². The van der Waals surface area contributed by atoms with Gasteiger partial charge in [0.05, 0.1) is 40.2 Å². The molecule has 3 aromatic rings. The van der Waals surface area contributed by atoms with E-state index >= 15 is 0 Å². The van der Waals surface area contributed by atoms with Gasteiger partial charge in [0, 0.05) is 17.8 Å². The molecule has 9 nitrogen and oxygen atoms in total. The first-order valence-electron chi connectivity index (χ1n) is 11.5. The number of nitrogens with zero attached hydrogens (tertiary/aromatic N) is 4. The van der Waals surface area contributed by atoms with E-state index in [9.17, 15) is 4.79 Å². The van der Waals surface area contributed by atoms with E-state index < -0.39 is 0 Å². The maximum atomic E-state index is 12.8. The van der Waals surface area contributed by atoms with E-state index in [1.165, 1.54) is 44.4 Å². The van der Waals surface area contributed by atoms with Gasteiger partial charge in [-0.3, -0.25) is 9.69 Å². The molecule has 0 spiro atoms. The van der Waals surface area contributed by atoms with Gasteiger partial charge in [-0.05, 0) is 31.5 Å². The second kappa shape index (κ2) is 11.9. The van der Waals surface area contributed by atoms with Crippen molar-refractivity contribution in [2.45, 2.75) is 31.1 Å². The maximum Gasteiger partial charge on any atom is 0.234 e. The quantitative estimate of drug-likeness (QED) is 0.401. The van der Waals surface area contributed by atoms with Crippen LogP contribution in [0.3, 0.4) is 0 Å². The zero-order valence-corrected chi connectivity index (χ0v) is 21.1. The van der Waals surface area contributed by atoms with Crippen LogP contribution in [0.15, 0.2) is 47.6 Å². The molecule has 1 aliphatic rings. The average molecular weight is 498 g/mol. The molecule has 35 heavy (non-hydrogen) atoms. The molecule has 1 aromatic heterocycles. The molecule has 1 fully saturated rings. The van der Waals surface area contributed by atoms with E-state index in [0.717, 1.165) is 30.6 Å². The molecule has 4 rings (SSSR count). The molecular formula is C25H31N5O4S. The predicted octanol–water partition coefficient (Wildman–Crippen LogP) is 3.68. The molecule has 0 atom stereocenters. The number of aromatic nitrogens is 3. The lowest BCUT2D eigenvalue weighted by Crippen LogP contribution is -2.22. The standard InChI is InChI=1S/C25H31N5O4S/c1-32-20-13-19(14-21(33-2)24(20)34-3)26-23(31)17-35-25-28-27-22(16-29-11-7-8-12-29)30(25)15-18-9-5-4-6-10-18/h4-6,9-10,13-14H,7-8,11-12,15-17H2,1-3H3,(H,26,31). The first-order chi connectivity index (χ1) is 17.1. The zero-order valence-electron chi connectivity index (χ0n) is 20.3. The number of carbonyl (C=O) groups excluding carboxylic acids is 1. The number of likely N-dealkylation sites (tertiary alicyclic amines) is 1. The highest BCUT2D eigenvalue weighted by atomic mass is 32.2. The van der Waals surface area contributed by atoms with E-state index in [4.69, 9.17) is 14.2 Å². The molecule has 0 saturated carbocycles. The van der Waals surface area contributed by atoms with E-state index in [2.05, 4.69) is 37.1 Å². The first-order valence-corrected chi connectivity index (χ1v) is 12.5. The summed E-state index contributed by atoms with van der Waals surface area (Å²) in [6.07, 6.45) is 2.44. The molecule has 186 valence electrons. The molecule has 2 aromatic carbocycles. The summed E-state index contributed by atoms with van der Waals surface area (Å²) in [5.41, 5.74) is 1.73. The minimum absolute atomic E-state index is 0.167. The molecule has 0 unspecified atom stereocenters. The van der Waals surface area contributed by atoms with Gasteiger partial charge in [-0.1, -0.05) is 42.1 Å². The second-order valence-corrected chi connectivity index (χ2v) is 9.15. The van der Waals surface area contributed by atoms with Crippen molar-refractivity contribution in [1.29, 1.82) is 0 Å². The van der Waals surface area contributed by atoms with Crippen LogP contribution in [0.2, 0.25) is 0 Å². The van der Waals surface area contributed by atoms with Gasteiger partial charge in [0.15, 0.2) is 16.7 Å². The number of hydrogen-bond acceptors (Lipinski definition) is 8. The third-order valence-electron chi connectivity index (χ3n) is 5.82. The SMILES string of the molecule is COc1cc(NC(=O)CSc2nnc(CN3CCCC3)n2Cc2ccccc2)cc(OC)c1OC. The number of amides is 1. The van der Waals surface area contributed by atoms with Crippen LogP contribution in [0.25, 0.3) is 0 Å². The lowest BCUT2D eigenvalue weighted by Gasteiger charge is -2.16. The normalized spacial score (nSPS) is 13.6. The molecule has 0 radical (unpaired) electrons. The van der Waals surface area contributed by atoms with E-state index in [0.29, 0.717) is 29.5 Å². The first kappa shape index (κ1) is 24.9. The van der Waals surface area contributed by atoms with Crippen LogP contribution < -0.4 is 19.5 Å². The Kier molecular flexibility index (Phi) is 8.49. The van der Waals surface area contributed by atoms with Crippen LogP contribution >= 0.6 is 11.8 Å². The van der Waals surface area contributed by atoms with Crippen LogP contribution in [0.5, 0.6) is 17.2 Å². The minimum Gasteiger partial charge on any atom is -0.493 e. The van der Waals surface area contributed by atoms with E-state index in [1.54, 1.807) is 19.2 Å². The number of carbonyl (C=O) groups is 1. The fourth-order valence-corrected chi connectivity index (χ4v) is 4.85. The molecule has 1 saturated heterocycles. The van der Waals surface area contributed by atoms with Crippen molar-refractivity contribution in [1.82, 2.24) is 19.7 Å². The van der Waals surface area contributed by atoms with Gasteiger partial charge in [0.25, 0.3) is 0 Å². The summed E-state index contributed by atoms with van der Waals surface area (Å²) in [6, 6.07) is 13.6. The van der Waals surface area contributed by atoms with Crippen LogP contribution in [-0.2, 0) is 17.9 Å². The van der Waals surface area contributed by atoms with Crippen LogP contribution in [0.1, 0.15) is 24.2 Å². The highest BCUT2D eigenvalue weighted by molar-refractivity contribution is 7.99. The number of methoxy groups -OCH3 is 3. The topological polar surface area (TPSA) is 90.7 Å². The highest BCUT2D eigenvalue weighted by Gasteiger charge is 2.20. The van der Waals surface area contributed by atoms with Crippen molar-refractivity contribution in [2.75, 3.05) is 45.5 Å². The molecule has 2 heterocycles. The highest BCUT2D eigenvalue weighted by Crippen LogP contribution is 2.40. The number of thioether (sulfide) groups is 1. The molecular weight excluding hydrogens is 466 g/mol. The number of benzene rings is 2. The Morgan fingerprint density at radius 2 is 1.66 bits per heavy atom. The Balaban J connectivity index is 1.46. The van der Waals surface area contributed by atoms with Gasteiger partial charge in [-0.15, -0.1) is 10.2 Å². The lowest BCUT2D eigenvalue weighted by atomic mass is 10.2. The average Bonchev–Trinajstić information content (AvgIpc) is 3.53. The summed E-state index contributed by atoms with van der Waals surface area (Å²) in [4.78, 5) is 15.2. The summed E-state index contributed by atoms with van der Waals surface area (Å²) in [6.45, 7) is 3.58. The van der Waals surface area contributed by atoms with E-state index in [-0.39, 0.29) is 11.7 Å². The Morgan fingerprint density at radius 3 is 2.29 bits per heavy atom. The van der Waals surface area contributed by atoms with Crippen LogP contribution in [-0.4, -0.2) is 65.7 Å². The van der Waals surface area contributed by atoms with Crippen molar-refractivity contribution >= 4 is 23.4 Å². The van der Waals surface area contributed by atoms with Gasteiger partial charge in [0.1, 0.15) is 5.82 Å². The van der Waals surface area contributed by atoms with Crippen molar-refractivity contribution in [3.8, 4) is 17.2 Å². The molecule has 1 amide bonds. The van der Waals surface area contributed by atoms with Crippen molar-refractivity contribution in [3.63, 3.8) is 0 Å². The van der Waals surface area contributed by atoms with Crippen molar-refractivity contribution in [2.24, 2.45) is 0 Å². The lowest BCUT2D eigenvalue weighted by molar-refractivity contribution is -0.113. The number of ether oxygens (including phenoxy) is 3. The Labute approximate surface area is 209 Å². The maximum absolute atomic E-state index is 12.8. The van der Waals surface area contributed by atoms with Gasteiger partial charge < -0.3 is 24.1 Å².